The molecule has 2 fully saturated rings. The van der Waals surface area contributed by atoms with E-state index in [1.807, 2.05) is 5.06 Å². The van der Waals surface area contributed by atoms with Gasteiger partial charge in [0.05, 0.1) is 17.5 Å². The molecule has 138 valence electrons. The van der Waals surface area contributed by atoms with E-state index in [1.165, 1.54) is 24.8 Å². The number of benzene rings is 1. The van der Waals surface area contributed by atoms with Crippen molar-refractivity contribution >= 4 is 5.97 Å². The summed E-state index contributed by atoms with van der Waals surface area (Å²) in [5.41, 5.74) is 1.19. The van der Waals surface area contributed by atoms with Gasteiger partial charge in [0.2, 0.25) is 0 Å². The van der Waals surface area contributed by atoms with Crippen molar-refractivity contribution < 1.29 is 9.63 Å². The predicted molar refractivity (Wildman–Crippen MR) is 101 cm³/mol. The normalized spacial score (nSPS) is 28.6. The highest BCUT2D eigenvalue weighted by molar-refractivity contribution is 5.69. The molecule has 2 aliphatic rings. The Hall–Kier alpha value is -1.35. The third-order valence-corrected chi connectivity index (χ3v) is 6.19. The zero-order valence-corrected chi connectivity index (χ0v) is 16.3. The Labute approximate surface area is 152 Å². The Balaban J connectivity index is 1.65. The lowest BCUT2D eigenvalue weighted by Crippen LogP contribution is -2.58. The van der Waals surface area contributed by atoms with Crippen LogP contribution < -0.4 is 0 Å². The molecule has 1 aliphatic carbocycles. The fourth-order valence-corrected chi connectivity index (χ4v) is 5.00. The van der Waals surface area contributed by atoms with E-state index in [1.54, 1.807) is 0 Å². The molecule has 1 saturated heterocycles. The van der Waals surface area contributed by atoms with Crippen LogP contribution >= 0.6 is 0 Å². The average molecular weight is 344 g/mol. The second-order valence-electron chi connectivity index (χ2n) is 9.15. The Bertz CT molecular complexity index is 577. The van der Waals surface area contributed by atoms with Crippen LogP contribution in [0.4, 0.5) is 0 Å². The molecule has 1 aromatic rings. The maximum Gasteiger partial charge on any atom is 0.325 e. The van der Waals surface area contributed by atoms with Crippen molar-refractivity contribution in [3.63, 3.8) is 0 Å². The molecule has 3 rings (SSSR count). The highest BCUT2D eigenvalue weighted by Crippen LogP contribution is 2.43. The molecule has 2 atom stereocenters. The number of hydrogen-bond acceptors (Lipinski definition) is 3. The van der Waals surface area contributed by atoms with E-state index in [9.17, 15) is 4.79 Å². The summed E-state index contributed by atoms with van der Waals surface area (Å²) in [6, 6.07) is 10.7. The second-order valence-corrected chi connectivity index (χ2v) is 9.15. The maximum atomic E-state index is 12.8. The smallest absolute Gasteiger partial charge is 0.325 e. The number of hydrogen-bond donors (Lipinski definition) is 0. The van der Waals surface area contributed by atoms with Gasteiger partial charge in [0.15, 0.2) is 0 Å². The summed E-state index contributed by atoms with van der Waals surface area (Å²) in [7, 11) is 0. The van der Waals surface area contributed by atoms with Crippen molar-refractivity contribution in [1.82, 2.24) is 5.06 Å². The number of piperidine rings is 1. The number of carbonyl (C=O) groups excluding carboxylic acids is 1. The number of carbonyl (C=O) groups is 1. The molecule has 3 nitrogen and oxygen atoms in total. The minimum atomic E-state index is -0.0914. The lowest BCUT2D eigenvalue weighted by Gasteiger charge is -2.50. The van der Waals surface area contributed by atoms with E-state index in [0.29, 0.717) is 18.3 Å². The number of hydroxylamine groups is 2. The first-order chi connectivity index (χ1) is 11.8. The Morgan fingerprint density at radius 1 is 1.04 bits per heavy atom. The highest BCUT2D eigenvalue weighted by atomic mass is 16.7. The zero-order valence-electron chi connectivity index (χ0n) is 16.3. The van der Waals surface area contributed by atoms with Crippen LogP contribution in [0, 0.1) is 5.92 Å². The molecule has 0 radical (unpaired) electrons. The maximum absolute atomic E-state index is 12.8. The first kappa shape index (κ1) is 18.4. The Morgan fingerprint density at radius 3 is 2.32 bits per heavy atom. The van der Waals surface area contributed by atoms with Crippen LogP contribution in [0.5, 0.6) is 0 Å². The van der Waals surface area contributed by atoms with Crippen molar-refractivity contribution in [2.45, 2.75) is 89.6 Å². The summed E-state index contributed by atoms with van der Waals surface area (Å²) in [5.74, 6) is 0.845. The van der Waals surface area contributed by atoms with Crippen molar-refractivity contribution in [3.05, 3.63) is 35.9 Å². The van der Waals surface area contributed by atoms with Gasteiger partial charge in [-0.05, 0) is 77.2 Å². The van der Waals surface area contributed by atoms with Gasteiger partial charge in [0.25, 0.3) is 0 Å². The number of rotatable bonds is 4. The van der Waals surface area contributed by atoms with Crippen LogP contribution in [0.1, 0.15) is 84.1 Å². The van der Waals surface area contributed by atoms with Gasteiger partial charge in [-0.1, -0.05) is 36.8 Å². The highest BCUT2D eigenvalue weighted by Gasteiger charge is 2.44. The van der Waals surface area contributed by atoms with Crippen molar-refractivity contribution in [2.75, 3.05) is 0 Å². The standard InChI is InChI=1S/C22H33NO2/c1-21(2)14-9-15-22(3,4)23(21)25-20(24)16-18-12-8-13-19(18)17-10-6-5-7-11-17/h5-7,10-11,18-19H,8-9,12-16H2,1-4H3. The van der Waals surface area contributed by atoms with Gasteiger partial charge in [-0.2, -0.15) is 0 Å². The molecule has 1 aliphatic heterocycles. The molecule has 1 aromatic carbocycles. The van der Waals surface area contributed by atoms with Crippen LogP contribution in [-0.4, -0.2) is 22.1 Å². The number of nitrogens with zero attached hydrogens (tertiary/aromatic N) is 1. The molecular weight excluding hydrogens is 310 g/mol. The van der Waals surface area contributed by atoms with Gasteiger partial charge in [-0.15, -0.1) is 5.06 Å². The van der Waals surface area contributed by atoms with E-state index in [-0.39, 0.29) is 17.0 Å². The molecule has 0 bridgehead atoms. The molecule has 0 N–H and O–H groups in total. The third-order valence-electron chi connectivity index (χ3n) is 6.19. The zero-order chi connectivity index (χ0) is 18.1. The average Bonchev–Trinajstić information content (AvgIpc) is 2.99. The van der Waals surface area contributed by atoms with Gasteiger partial charge >= 0.3 is 5.97 Å². The summed E-state index contributed by atoms with van der Waals surface area (Å²) in [5, 5.41) is 1.98. The van der Waals surface area contributed by atoms with Gasteiger partial charge in [0, 0.05) is 0 Å². The van der Waals surface area contributed by atoms with Crippen molar-refractivity contribution in [3.8, 4) is 0 Å². The summed E-state index contributed by atoms with van der Waals surface area (Å²) in [6.45, 7) is 8.74. The monoisotopic (exact) mass is 343 g/mol. The van der Waals surface area contributed by atoms with Crippen LogP contribution in [0.25, 0.3) is 0 Å². The first-order valence-corrected chi connectivity index (χ1v) is 9.86. The van der Waals surface area contributed by atoms with E-state index in [0.717, 1.165) is 19.3 Å². The van der Waals surface area contributed by atoms with Crippen molar-refractivity contribution in [1.29, 1.82) is 0 Å². The van der Waals surface area contributed by atoms with Crippen LogP contribution in [0.15, 0.2) is 30.3 Å². The van der Waals surface area contributed by atoms with E-state index in [4.69, 9.17) is 4.84 Å². The lowest BCUT2D eigenvalue weighted by molar-refractivity contribution is -0.266. The molecule has 0 amide bonds. The molecular formula is C22H33NO2. The molecule has 25 heavy (non-hydrogen) atoms. The second kappa shape index (κ2) is 7.11. The Kier molecular flexibility index (Phi) is 5.24. The molecule has 2 unspecified atom stereocenters. The summed E-state index contributed by atoms with van der Waals surface area (Å²) in [4.78, 5) is 18.7. The fraction of sp³-hybridized carbons (Fsp3) is 0.682. The minimum absolute atomic E-state index is 0.0594. The van der Waals surface area contributed by atoms with Gasteiger partial charge in [-0.25, -0.2) is 0 Å². The molecule has 1 saturated carbocycles. The van der Waals surface area contributed by atoms with Crippen LogP contribution in [-0.2, 0) is 9.63 Å². The largest absolute Gasteiger partial charge is 0.367 e. The van der Waals surface area contributed by atoms with E-state index >= 15 is 0 Å². The van der Waals surface area contributed by atoms with Crippen molar-refractivity contribution in [2.24, 2.45) is 5.92 Å². The van der Waals surface area contributed by atoms with Crippen LogP contribution in [0.2, 0.25) is 0 Å². The quantitative estimate of drug-likeness (QED) is 0.727. The van der Waals surface area contributed by atoms with E-state index in [2.05, 4.69) is 58.0 Å². The van der Waals surface area contributed by atoms with Gasteiger partial charge in [-0.3, -0.25) is 4.79 Å². The summed E-state index contributed by atoms with van der Waals surface area (Å²) in [6.07, 6.45) is 7.37. The lowest BCUT2D eigenvalue weighted by atomic mass is 9.82. The summed E-state index contributed by atoms with van der Waals surface area (Å²) < 4.78 is 0. The summed E-state index contributed by atoms with van der Waals surface area (Å²) >= 11 is 0. The Morgan fingerprint density at radius 2 is 1.68 bits per heavy atom. The van der Waals surface area contributed by atoms with Gasteiger partial charge in [0.1, 0.15) is 0 Å². The third kappa shape index (κ3) is 4.08. The molecule has 0 aromatic heterocycles. The molecule has 1 heterocycles. The van der Waals surface area contributed by atoms with Gasteiger partial charge < -0.3 is 4.84 Å². The molecule has 3 heteroatoms. The first-order valence-electron chi connectivity index (χ1n) is 9.86. The SMILES string of the molecule is CC1(C)CCCC(C)(C)N1OC(=O)CC1CCCC1c1ccccc1. The van der Waals surface area contributed by atoms with Crippen LogP contribution in [0.3, 0.4) is 0 Å². The predicted octanol–water partition coefficient (Wildman–Crippen LogP) is 5.46. The minimum Gasteiger partial charge on any atom is -0.367 e. The topological polar surface area (TPSA) is 29.5 Å². The fourth-order valence-electron chi connectivity index (χ4n) is 5.00. The van der Waals surface area contributed by atoms with E-state index < -0.39 is 0 Å². The molecule has 0 spiro atoms.